The summed E-state index contributed by atoms with van der Waals surface area (Å²) in [6, 6.07) is 6.38. The lowest BCUT2D eigenvalue weighted by Crippen LogP contribution is -2.44. The molecule has 0 spiro atoms. The van der Waals surface area contributed by atoms with E-state index in [9.17, 15) is 0 Å². The van der Waals surface area contributed by atoms with Gasteiger partial charge in [-0.25, -0.2) is 0 Å². The van der Waals surface area contributed by atoms with Crippen molar-refractivity contribution >= 4 is 11.8 Å². The number of aryl methyl sites for hydroxylation is 1. The Hall–Kier alpha value is -0.670. The Kier molecular flexibility index (Phi) is 2.99. The van der Waals surface area contributed by atoms with Crippen LogP contribution < -0.4 is 10.1 Å². The predicted molar refractivity (Wildman–Crippen MR) is 60.2 cm³/mol. The van der Waals surface area contributed by atoms with Crippen LogP contribution in [0.1, 0.15) is 5.56 Å². The normalized spacial score (nSPS) is 16.4. The van der Waals surface area contributed by atoms with Gasteiger partial charge in [0.2, 0.25) is 0 Å². The van der Waals surface area contributed by atoms with Crippen molar-refractivity contribution in [3.8, 4) is 5.75 Å². The molecule has 1 aromatic rings. The molecule has 2 rings (SSSR count). The molecular formula is C11H15NOS. The molecule has 0 aliphatic carbocycles. The highest BCUT2D eigenvalue weighted by molar-refractivity contribution is 8.00. The molecule has 76 valence electrons. The zero-order valence-corrected chi connectivity index (χ0v) is 9.36. The summed E-state index contributed by atoms with van der Waals surface area (Å²) in [6.45, 7) is 4.35. The van der Waals surface area contributed by atoms with Crippen LogP contribution in [-0.2, 0) is 0 Å². The van der Waals surface area contributed by atoms with Gasteiger partial charge < -0.3 is 10.1 Å². The van der Waals surface area contributed by atoms with Crippen molar-refractivity contribution in [2.75, 3.05) is 20.2 Å². The van der Waals surface area contributed by atoms with Crippen LogP contribution in [0, 0.1) is 6.92 Å². The number of benzene rings is 1. The van der Waals surface area contributed by atoms with Crippen LogP contribution >= 0.6 is 11.8 Å². The van der Waals surface area contributed by atoms with Gasteiger partial charge in [-0.1, -0.05) is 0 Å². The average Bonchev–Trinajstić information content (AvgIpc) is 2.12. The van der Waals surface area contributed by atoms with Gasteiger partial charge in [-0.3, -0.25) is 0 Å². The smallest absolute Gasteiger partial charge is 0.121 e. The molecule has 0 atom stereocenters. The summed E-state index contributed by atoms with van der Waals surface area (Å²) < 4.78 is 5.22. The Morgan fingerprint density at radius 2 is 2.21 bits per heavy atom. The highest BCUT2D eigenvalue weighted by atomic mass is 32.2. The van der Waals surface area contributed by atoms with Gasteiger partial charge in [-0.05, 0) is 30.7 Å². The van der Waals surface area contributed by atoms with Gasteiger partial charge in [0.15, 0.2) is 0 Å². The number of rotatable bonds is 3. The number of methoxy groups -OCH3 is 1. The van der Waals surface area contributed by atoms with Gasteiger partial charge in [-0.2, -0.15) is 0 Å². The van der Waals surface area contributed by atoms with E-state index in [0.717, 1.165) is 24.1 Å². The Morgan fingerprint density at radius 3 is 2.71 bits per heavy atom. The van der Waals surface area contributed by atoms with Crippen molar-refractivity contribution in [1.29, 1.82) is 0 Å². The number of nitrogens with one attached hydrogen (secondary N) is 1. The minimum atomic E-state index is 0.753. The lowest BCUT2D eigenvalue weighted by atomic mass is 10.2. The molecule has 14 heavy (non-hydrogen) atoms. The Bertz CT molecular complexity index is 323. The van der Waals surface area contributed by atoms with Crippen molar-refractivity contribution < 1.29 is 4.74 Å². The molecule has 0 unspecified atom stereocenters. The molecular weight excluding hydrogens is 194 g/mol. The first-order valence-corrected chi connectivity index (χ1v) is 5.69. The van der Waals surface area contributed by atoms with Crippen LogP contribution in [0.5, 0.6) is 5.75 Å². The summed E-state index contributed by atoms with van der Waals surface area (Å²) in [6.07, 6.45) is 0. The first kappa shape index (κ1) is 9.87. The van der Waals surface area contributed by atoms with Crippen molar-refractivity contribution in [3.63, 3.8) is 0 Å². The first-order chi connectivity index (χ1) is 6.79. The summed E-state index contributed by atoms with van der Waals surface area (Å²) >= 11 is 1.95. The highest BCUT2D eigenvalue weighted by Crippen LogP contribution is 2.29. The summed E-state index contributed by atoms with van der Waals surface area (Å²) in [5.41, 5.74) is 1.21. The summed E-state index contributed by atoms with van der Waals surface area (Å²) in [7, 11) is 1.71. The largest absolute Gasteiger partial charge is 0.496 e. The molecule has 3 heteroatoms. The van der Waals surface area contributed by atoms with E-state index in [1.54, 1.807) is 7.11 Å². The summed E-state index contributed by atoms with van der Waals surface area (Å²) in [4.78, 5) is 1.34. The monoisotopic (exact) mass is 209 g/mol. The van der Waals surface area contributed by atoms with E-state index in [0.29, 0.717) is 0 Å². The molecule has 1 fully saturated rings. The van der Waals surface area contributed by atoms with Crippen molar-refractivity contribution in [1.82, 2.24) is 5.32 Å². The highest BCUT2D eigenvalue weighted by Gasteiger charge is 2.17. The van der Waals surface area contributed by atoms with E-state index in [4.69, 9.17) is 4.74 Å². The minimum Gasteiger partial charge on any atom is -0.496 e. The molecule has 1 aliphatic heterocycles. The third-order valence-electron chi connectivity index (χ3n) is 2.41. The standard InChI is InChI=1S/C11H15NOS/c1-8-5-9(3-4-11(8)13-2)14-10-6-12-7-10/h3-5,10,12H,6-7H2,1-2H3. The fourth-order valence-corrected chi connectivity index (χ4v) is 2.64. The van der Waals surface area contributed by atoms with Crippen LogP contribution in [0.15, 0.2) is 23.1 Å². The maximum atomic E-state index is 5.22. The van der Waals surface area contributed by atoms with Gasteiger partial charge in [-0.15, -0.1) is 11.8 Å². The van der Waals surface area contributed by atoms with Gasteiger partial charge in [0.25, 0.3) is 0 Å². The molecule has 1 saturated heterocycles. The predicted octanol–water partition coefficient (Wildman–Crippen LogP) is 2.07. The fraction of sp³-hybridized carbons (Fsp3) is 0.455. The second-order valence-electron chi connectivity index (χ2n) is 3.53. The van der Waals surface area contributed by atoms with E-state index < -0.39 is 0 Å². The van der Waals surface area contributed by atoms with E-state index in [-0.39, 0.29) is 0 Å². The van der Waals surface area contributed by atoms with E-state index >= 15 is 0 Å². The molecule has 1 aliphatic rings. The van der Waals surface area contributed by atoms with Crippen molar-refractivity contribution in [2.45, 2.75) is 17.1 Å². The molecule has 2 nitrogen and oxygen atoms in total. The van der Waals surface area contributed by atoms with Crippen molar-refractivity contribution in [2.24, 2.45) is 0 Å². The molecule has 0 amide bonds. The van der Waals surface area contributed by atoms with Crippen molar-refractivity contribution in [3.05, 3.63) is 23.8 Å². The third-order valence-corrected chi connectivity index (χ3v) is 3.61. The molecule has 0 radical (unpaired) electrons. The maximum Gasteiger partial charge on any atom is 0.121 e. The Morgan fingerprint density at radius 1 is 1.43 bits per heavy atom. The zero-order chi connectivity index (χ0) is 9.97. The SMILES string of the molecule is COc1ccc(SC2CNC2)cc1C. The van der Waals surface area contributed by atoms with E-state index in [1.165, 1.54) is 10.5 Å². The topological polar surface area (TPSA) is 21.3 Å². The van der Waals surface area contributed by atoms with Gasteiger partial charge in [0.05, 0.1) is 7.11 Å². The second kappa shape index (κ2) is 4.24. The third kappa shape index (κ3) is 2.04. The van der Waals surface area contributed by atoms with Crippen LogP contribution in [0.3, 0.4) is 0 Å². The minimum absolute atomic E-state index is 0.753. The van der Waals surface area contributed by atoms with Crippen LogP contribution in [0.4, 0.5) is 0 Å². The lowest BCUT2D eigenvalue weighted by molar-refractivity contribution is 0.411. The maximum absolute atomic E-state index is 5.22. The fourth-order valence-electron chi connectivity index (χ4n) is 1.46. The number of hydrogen-bond acceptors (Lipinski definition) is 3. The molecule has 1 heterocycles. The average molecular weight is 209 g/mol. The summed E-state index contributed by atoms with van der Waals surface area (Å²) in [5, 5.41) is 4.03. The number of ether oxygens (including phenoxy) is 1. The Balaban J connectivity index is 2.07. The summed E-state index contributed by atoms with van der Waals surface area (Å²) in [5.74, 6) is 0.973. The molecule has 1 aromatic carbocycles. The van der Waals surface area contributed by atoms with Gasteiger partial charge in [0.1, 0.15) is 5.75 Å². The van der Waals surface area contributed by atoms with Crippen LogP contribution in [-0.4, -0.2) is 25.4 Å². The van der Waals surface area contributed by atoms with E-state index in [2.05, 4.69) is 24.4 Å². The second-order valence-corrected chi connectivity index (χ2v) is 4.90. The van der Waals surface area contributed by atoms with Gasteiger partial charge >= 0.3 is 0 Å². The Labute approximate surface area is 89.0 Å². The quantitative estimate of drug-likeness (QED) is 0.823. The first-order valence-electron chi connectivity index (χ1n) is 4.81. The number of hydrogen-bond donors (Lipinski definition) is 1. The number of thioether (sulfide) groups is 1. The van der Waals surface area contributed by atoms with Crippen LogP contribution in [0.25, 0.3) is 0 Å². The molecule has 0 bridgehead atoms. The zero-order valence-electron chi connectivity index (χ0n) is 8.54. The van der Waals surface area contributed by atoms with E-state index in [1.807, 2.05) is 17.8 Å². The molecule has 0 saturated carbocycles. The van der Waals surface area contributed by atoms with Gasteiger partial charge in [0, 0.05) is 23.2 Å². The van der Waals surface area contributed by atoms with Crippen LogP contribution in [0.2, 0.25) is 0 Å². The lowest BCUT2D eigenvalue weighted by Gasteiger charge is -2.26. The molecule has 1 N–H and O–H groups in total. The molecule has 0 aromatic heterocycles.